The Morgan fingerprint density at radius 1 is 1.29 bits per heavy atom. The largest absolute Gasteiger partial charge is 0.388 e. The summed E-state index contributed by atoms with van der Waals surface area (Å²) < 4.78 is 6.39. The Hall–Kier alpha value is -1.35. The van der Waals surface area contributed by atoms with Gasteiger partial charge in [0.15, 0.2) is 5.78 Å². The van der Waals surface area contributed by atoms with Gasteiger partial charge in [-0.2, -0.15) is 0 Å². The van der Waals surface area contributed by atoms with Gasteiger partial charge in [-0.15, -0.1) is 0 Å². The van der Waals surface area contributed by atoms with Crippen molar-refractivity contribution in [1.82, 2.24) is 5.32 Å². The number of allylic oxidation sites excluding steroid dienone is 4. The number of carbonyl (C=O) groups is 1. The van der Waals surface area contributed by atoms with Crippen molar-refractivity contribution in [3.8, 4) is 0 Å². The number of ketones is 1. The summed E-state index contributed by atoms with van der Waals surface area (Å²) in [6.45, 7) is 12.1. The van der Waals surface area contributed by atoms with Crippen molar-refractivity contribution in [2.24, 2.45) is 23.7 Å². The van der Waals surface area contributed by atoms with Gasteiger partial charge >= 0.3 is 0 Å². The average Bonchev–Trinajstić information content (AvgIpc) is 3.08. The van der Waals surface area contributed by atoms with Crippen LogP contribution in [0.2, 0.25) is 0 Å². The fourth-order valence-electron chi connectivity index (χ4n) is 4.22. The quantitative estimate of drug-likeness (QED) is 0.828. The van der Waals surface area contributed by atoms with Crippen molar-refractivity contribution in [1.29, 1.82) is 0 Å². The van der Waals surface area contributed by atoms with Crippen LogP contribution in [0.5, 0.6) is 0 Å². The van der Waals surface area contributed by atoms with Gasteiger partial charge in [0.05, 0.1) is 18.6 Å². The van der Waals surface area contributed by atoms with E-state index in [9.17, 15) is 4.79 Å². The van der Waals surface area contributed by atoms with Gasteiger partial charge in [-0.25, -0.2) is 0 Å². The van der Waals surface area contributed by atoms with Gasteiger partial charge in [0.1, 0.15) is 0 Å². The second kappa shape index (κ2) is 6.87. The Kier molecular flexibility index (Phi) is 5.00. The summed E-state index contributed by atoms with van der Waals surface area (Å²) in [5.41, 5.74) is 3.13. The number of Topliss-reactive ketones (excluding diaryl/α,β-unsaturated/α-hetero) is 1. The standard InChI is InChI=1S/C21H31NO2/c1-6-20-13(4)14(5)21(24-20)17-8-7-16-18(17)9-15(10-19(16)23)22-11-12(2)3/h7-9,12-14,17,20-22H,6,10-11H2,1-5H3/t13-,14?,17?,20-,21-/m1/s1. The summed E-state index contributed by atoms with van der Waals surface area (Å²) in [6.07, 6.45) is 8.50. The maximum atomic E-state index is 12.5. The number of hydrogen-bond acceptors (Lipinski definition) is 3. The number of ether oxygens (including phenoxy) is 1. The minimum absolute atomic E-state index is 0.183. The van der Waals surface area contributed by atoms with Crippen LogP contribution in [0.25, 0.3) is 0 Å². The predicted molar refractivity (Wildman–Crippen MR) is 97.5 cm³/mol. The molecule has 3 nitrogen and oxygen atoms in total. The van der Waals surface area contributed by atoms with Gasteiger partial charge in [0, 0.05) is 23.7 Å². The Bertz CT molecular complexity index is 599. The van der Waals surface area contributed by atoms with Crippen LogP contribution in [0, 0.1) is 23.7 Å². The lowest BCUT2D eigenvalue weighted by atomic mass is 9.80. The van der Waals surface area contributed by atoms with Gasteiger partial charge in [0.2, 0.25) is 0 Å². The van der Waals surface area contributed by atoms with E-state index in [1.54, 1.807) is 0 Å². The van der Waals surface area contributed by atoms with Crippen molar-refractivity contribution >= 4 is 5.78 Å². The summed E-state index contributed by atoms with van der Waals surface area (Å²) in [6, 6.07) is 0. The molecule has 0 spiro atoms. The van der Waals surface area contributed by atoms with E-state index in [0.29, 0.717) is 30.3 Å². The molecule has 2 unspecified atom stereocenters. The summed E-state index contributed by atoms with van der Waals surface area (Å²) in [4.78, 5) is 12.5. The molecular weight excluding hydrogens is 298 g/mol. The summed E-state index contributed by atoms with van der Waals surface area (Å²) in [5, 5.41) is 3.45. The highest BCUT2D eigenvalue weighted by Crippen LogP contribution is 2.44. The molecule has 0 bridgehead atoms. The molecule has 1 saturated heterocycles. The molecule has 3 heteroatoms. The van der Waals surface area contributed by atoms with E-state index in [4.69, 9.17) is 4.74 Å². The molecule has 1 aliphatic heterocycles. The van der Waals surface area contributed by atoms with Gasteiger partial charge < -0.3 is 10.1 Å². The number of nitrogens with one attached hydrogen (secondary N) is 1. The monoisotopic (exact) mass is 329 g/mol. The zero-order chi connectivity index (χ0) is 17.4. The first-order valence-electron chi connectivity index (χ1n) is 9.47. The maximum absolute atomic E-state index is 12.5. The third-order valence-electron chi connectivity index (χ3n) is 5.88. The smallest absolute Gasteiger partial charge is 0.169 e. The van der Waals surface area contributed by atoms with Crippen LogP contribution in [-0.2, 0) is 9.53 Å². The molecule has 0 radical (unpaired) electrons. The van der Waals surface area contributed by atoms with Crippen molar-refractivity contribution in [3.05, 3.63) is 35.1 Å². The highest BCUT2D eigenvalue weighted by Gasteiger charge is 2.44. The van der Waals surface area contributed by atoms with Crippen LogP contribution in [0.3, 0.4) is 0 Å². The lowest BCUT2D eigenvalue weighted by molar-refractivity contribution is -0.114. The number of hydrogen-bond donors (Lipinski definition) is 1. The maximum Gasteiger partial charge on any atom is 0.169 e. The Morgan fingerprint density at radius 2 is 2.04 bits per heavy atom. The molecule has 5 atom stereocenters. The van der Waals surface area contributed by atoms with Gasteiger partial charge in [0.25, 0.3) is 0 Å². The van der Waals surface area contributed by atoms with Crippen LogP contribution in [0.1, 0.15) is 47.5 Å². The number of rotatable bonds is 5. The molecule has 0 aromatic carbocycles. The van der Waals surface area contributed by atoms with E-state index >= 15 is 0 Å². The zero-order valence-electron chi connectivity index (χ0n) is 15.6. The SMILES string of the molecule is CC[C@H]1O[C@@H](C2C=CC3=C2C=C(NCC(C)C)CC3=O)C(C)[C@H]1C. The van der Waals surface area contributed by atoms with Gasteiger partial charge in [-0.3, -0.25) is 4.79 Å². The van der Waals surface area contributed by atoms with Gasteiger partial charge in [-0.1, -0.05) is 46.8 Å². The molecule has 132 valence electrons. The molecule has 1 N–H and O–H groups in total. The van der Waals surface area contributed by atoms with E-state index in [1.807, 2.05) is 6.08 Å². The van der Waals surface area contributed by atoms with Crippen LogP contribution in [-0.4, -0.2) is 24.5 Å². The summed E-state index contributed by atoms with van der Waals surface area (Å²) >= 11 is 0. The van der Waals surface area contributed by atoms with Crippen LogP contribution >= 0.6 is 0 Å². The molecule has 0 saturated carbocycles. The second-order valence-corrected chi connectivity index (χ2v) is 8.06. The lowest BCUT2D eigenvalue weighted by Crippen LogP contribution is -2.28. The van der Waals surface area contributed by atoms with E-state index in [-0.39, 0.29) is 17.8 Å². The summed E-state index contributed by atoms with van der Waals surface area (Å²) in [5.74, 6) is 2.10. The first-order valence-corrected chi connectivity index (χ1v) is 9.47. The molecule has 3 aliphatic rings. The average molecular weight is 329 g/mol. The van der Waals surface area contributed by atoms with E-state index in [1.165, 1.54) is 5.57 Å². The third kappa shape index (κ3) is 3.11. The topological polar surface area (TPSA) is 38.3 Å². The molecular formula is C21H31NO2. The molecule has 0 amide bonds. The minimum Gasteiger partial charge on any atom is -0.388 e. The minimum atomic E-state index is 0.183. The number of carbonyl (C=O) groups excluding carboxylic acids is 1. The van der Waals surface area contributed by atoms with E-state index in [0.717, 1.165) is 24.2 Å². The third-order valence-corrected chi connectivity index (χ3v) is 5.88. The molecule has 3 rings (SSSR count). The normalized spacial score (nSPS) is 35.7. The van der Waals surface area contributed by atoms with Crippen LogP contribution in [0.15, 0.2) is 35.1 Å². The Morgan fingerprint density at radius 3 is 2.67 bits per heavy atom. The van der Waals surface area contributed by atoms with Crippen molar-refractivity contribution in [2.45, 2.75) is 59.7 Å². The molecule has 2 aliphatic carbocycles. The highest BCUT2D eigenvalue weighted by atomic mass is 16.5. The van der Waals surface area contributed by atoms with E-state index in [2.05, 4.69) is 52.1 Å². The van der Waals surface area contributed by atoms with Gasteiger partial charge in [-0.05, 0) is 35.8 Å². The Balaban J connectivity index is 1.82. The van der Waals surface area contributed by atoms with Crippen molar-refractivity contribution in [2.75, 3.05) is 6.54 Å². The predicted octanol–water partition coefficient (Wildman–Crippen LogP) is 4.02. The Labute approximate surface area is 146 Å². The summed E-state index contributed by atoms with van der Waals surface area (Å²) in [7, 11) is 0. The molecule has 0 aromatic heterocycles. The van der Waals surface area contributed by atoms with Crippen molar-refractivity contribution in [3.63, 3.8) is 0 Å². The molecule has 24 heavy (non-hydrogen) atoms. The molecule has 1 heterocycles. The fourth-order valence-corrected chi connectivity index (χ4v) is 4.22. The zero-order valence-corrected chi connectivity index (χ0v) is 15.6. The van der Waals surface area contributed by atoms with Crippen LogP contribution < -0.4 is 5.32 Å². The fraction of sp³-hybridized carbons (Fsp3) is 0.667. The molecule has 1 fully saturated rings. The molecule has 0 aromatic rings. The second-order valence-electron chi connectivity index (χ2n) is 8.06. The highest BCUT2D eigenvalue weighted by molar-refractivity contribution is 6.02. The van der Waals surface area contributed by atoms with Crippen LogP contribution in [0.4, 0.5) is 0 Å². The lowest BCUT2D eigenvalue weighted by Gasteiger charge is -2.26. The van der Waals surface area contributed by atoms with E-state index < -0.39 is 0 Å². The first kappa shape index (κ1) is 17.5. The first-order chi connectivity index (χ1) is 11.4. The van der Waals surface area contributed by atoms with Crippen molar-refractivity contribution < 1.29 is 9.53 Å².